The van der Waals surface area contributed by atoms with Crippen LogP contribution in [0.4, 0.5) is 0 Å². The van der Waals surface area contributed by atoms with Gasteiger partial charge in [-0.1, -0.05) is 6.92 Å². The molecule has 1 fully saturated rings. The molecule has 0 spiro atoms. The third-order valence-corrected chi connectivity index (χ3v) is 3.84. The number of nitrogens with one attached hydrogen (secondary N) is 1. The molecular weight excluding hydrogens is 254 g/mol. The van der Waals surface area contributed by atoms with Gasteiger partial charge in [0.25, 0.3) is 0 Å². The molecule has 20 heavy (non-hydrogen) atoms. The smallest absolute Gasteiger partial charge is 0.327 e. The highest BCUT2D eigenvalue weighted by atomic mass is 16.5. The van der Waals surface area contributed by atoms with Gasteiger partial charge in [0.2, 0.25) is 0 Å². The van der Waals surface area contributed by atoms with Gasteiger partial charge in [0.15, 0.2) is 0 Å². The molecule has 5 nitrogen and oxygen atoms in total. The van der Waals surface area contributed by atoms with Crippen LogP contribution in [0.3, 0.4) is 0 Å². The largest absolute Gasteiger partial charge is 0.465 e. The maximum absolute atomic E-state index is 12.3. The first kappa shape index (κ1) is 17.4. The first-order valence-corrected chi connectivity index (χ1v) is 7.85. The second-order valence-electron chi connectivity index (χ2n) is 5.91. The Bertz CT molecular complexity index is 299. The van der Waals surface area contributed by atoms with Crippen molar-refractivity contribution in [1.82, 2.24) is 15.1 Å². The number of carbonyl (C=O) groups is 1. The van der Waals surface area contributed by atoms with Crippen molar-refractivity contribution in [3.63, 3.8) is 0 Å². The maximum atomic E-state index is 12.3. The van der Waals surface area contributed by atoms with Gasteiger partial charge in [-0.2, -0.15) is 0 Å². The normalized spacial score (nSPS) is 21.2. The molecule has 1 rings (SSSR count). The molecule has 0 radical (unpaired) electrons. The van der Waals surface area contributed by atoms with Crippen molar-refractivity contribution in [3.8, 4) is 0 Å². The first-order chi connectivity index (χ1) is 9.51. The predicted octanol–water partition coefficient (Wildman–Crippen LogP) is 0.945. The molecule has 1 heterocycles. The van der Waals surface area contributed by atoms with Crippen LogP contribution in [0, 0.1) is 0 Å². The van der Waals surface area contributed by atoms with E-state index in [1.807, 2.05) is 13.8 Å². The summed E-state index contributed by atoms with van der Waals surface area (Å²) < 4.78 is 5.26. The zero-order valence-corrected chi connectivity index (χ0v) is 13.6. The first-order valence-electron chi connectivity index (χ1n) is 7.85. The minimum atomic E-state index is -0.602. The van der Waals surface area contributed by atoms with Crippen molar-refractivity contribution in [2.45, 2.75) is 39.2 Å². The summed E-state index contributed by atoms with van der Waals surface area (Å²) in [6, 6.07) is 0. The molecule has 1 aliphatic rings. The molecule has 0 aromatic heterocycles. The molecule has 0 amide bonds. The number of hydrogen-bond donors (Lipinski definition) is 1. The fraction of sp³-hybridized carbons (Fsp3) is 0.933. The summed E-state index contributed by atoms with van der Waals surface area (Å²) >= 11 is 0. The highest BCUT2D eigenvalue weighted by Crippen LogP contribution is 2.12. The van der Waals surface area contributed by atoms with Crippen LogP contribution in [-0.4, -0.2) is 74.2 Å². The lowest BCUT2D eigenvalue weighted by atomic mass is 10.0. The Morgan fingerprint density at radius 2 is 2.00 bits per heavy atom. The van der Waals surface area contributed by atoms with E-state index in [4.69, 9.17) is 4.74 Å². The topological polar surface area (TPSA) is 44.8 Å². The lowest BCUT2D eigenvalue weighted by Gasteiger charge is -2.34. The quantitative estimate of drug-likeness (QED) is 0.706. The van der Waals surface area contributed by atoms with Crippen LogP contribution >= 0.6 is 0 Å². The van der Waals surface area contributed by atoms with Crippen LogP contribution in [0.5, 0.6) is 0 Å². The third-order valence-electron chi connectivity index (χ3n) is 3.84. The monoisotopic (exact) mass is 285 g/mol. The average Bonchev–Trinajstić information content (AvgIpc) is 2.62. The molecule has 0 aromatic rings. The van der Waals surface area contributed by atoms with Crippen molar-refractivity contribution in [2.75, 3.05) is 52.9 Å². The molecule has 1 unspecified atom stereocenters. The third kappa shape index (κ3) is 5.38. The number of rotatable bonds is 7. The van der Waals surface area contributed by atoms with Crippen LogP contribution in [0.2, 0.25) is 0 Å². The number of carbonyl (C=O) groups excluding carboxylic acids is 1. The molecule has 0 bridgehead atoms. The Hall–Kier alpha value is -0.650. The van der Waals surface area contributed by atoms with E-state index < -0.39 is 5.54 Å². The van der Waals surface area contributed by atoms with E-state index in [1.54, 1.807) is 0 Å². The second kappa shape index (κ2) is 8.60. The van der Waals surface area contributed by atoms with Crippen molar-refractivity contribution < 1.29 is 9.53 Å². The summed E-state index contributed by atoms with van der Waals surface area (Å²) in [6.45, 7) is 12.2. The van der Waals surface area contributed by atoms with Gasteiger partial charge >= 0.3 is 5.97 Å². The molecule has 1 N–H and O–H groups in total. The number of nitrogens with zero attached hydrogens (tertiary/aromatic N) is 2. The van der Waals surface area contributed by atoms with Crippen molar-refractivity contribution in [3.05, 3.63) is 0 Å². The molecule has 0 aliphatic carbocycles. The van der Waals surface area contributed by atoms with E-state index in [9.17, 15) is 4.79 Å². The van der Waals surface area contributed by atoms with E-state index in [-0.39, 0.29) is 5.97 Å². The Kier molecular flexibility index (Phi) is 7.48. The fourth-order valence-electron chi connectivity index (χ4n) is 2.59. The van der Waals surface area contributed by atoms with Gasteiger partial charge in [-0.05, 0) is 53.4 Å². The summed E-state index contributed by atoms with van der Waals surface area (Å²) in [6.07, 6.45) is 2.17. The van der Waals surface area contributed by atoms with Crippen LogP contribution < -0.4 is 5.32 Å². The summed E-state index contributed by atoms with van der Waals surface area (Å²) in [5, 5.41) is 3.38. The van der Waals surface area contributed by atoms with E-state index in [1.165, 1.54) is 0 Å². The van der Waals surface area contributed by atoms with Crippen molar-refractivity contribution >= 4 is 5.97 Å². The SMILES string of the molecule is CCCNC(C)(CN1CCCN(C)CC1)C(=O)OCC. The molecule has 0 saturated carbocycles. The zero-order valence-electron chi connectivity index (χ0n) is 13.6. The molecule has 1 aliphatic heterocycles. The summed E-state index contributed by atoms with van der Waals surface area (Å²) in [4.78, 5) is 17.0. The number of esters is 1. The van der Waals surface area contributed by atoms with E-state index in [0.29, 0.717) is 6.61 Å². The molecule has 5 heteroatoms. The summed E-state index contributed by atoms with van der Waals surface area (Å²) in [5.74, 6) is -0.133. The van der Waals surface area contributed by atoms with Gasteiger partial charge in [0, 0.05) is 19.6 Å². The zero-order chi connectivity index (χ0) is 15.0. The van der Waals surface area contributed by atoms with Gasteiger partial charge in [-0.15, -0.1) is 0 Å². The van der Waals surface area contributed by atoms with Gasteiger partial charge in [-0.25, -0.2) is 0 Å². The van der Waals surface area contributed by atoms with E-state index in [2.05, 4.69) is 29.1 Å². The van der Waals surface area contributed by atoms with Crippen LogP contribution in [0.25, 0.3) is 0 Å². The molecular formula is C15H31N3O2. The highest BCUT2D eigenvalue weighted by molar-refractivity contribution is 5.80. The average molecular weight is 285 g/mol. The lowest BCUT2D eigenvalue weighted by molar-refractivity contribution is -0.151. The number of ether oxygens (including phenoxy) is 1. The highest BCUT2D eigenvalue weighted by Gasteiger charge is 2.36. The van der Waals surface area contributed by atoms with Gasteiger partial charge in [-0.3, -0.25) is 9.69 Å². The number of likely N-dealkylation sites (N-methyl/N-ethyl adjacent to an activating group) is 1. The summed E-state index contributed by atoms with van der Waals surface area (Å²) in [7, 11) is 2.16. The molecule has 1 atom stereocenters. The maximum Gasteiger partial charge on any atom is 0.327 e. The Morgan fingerprint density at radius 1 is 1.25 bits per heavy atom. The van der Waals surface area contributed by atoms with E-state index >= 15 is 0 Å². The lowest BCUT2D eigenvalue weighted by Crippen LogP contribution is -2.58. The predicted molar refractivity (Wildman–Crippen MR) is 81.9 cm³/mol. The second-order valence-corrected chi connectivity index (χ2v) is 5.91. The Morgan fingerprint density at radius 3 is 2.65 bits per heavy atom. The van der Waals surface area contributed by atoms with Crippen LogP contribution in [-0.2, 0) is 9.53 Å². The summed E-state index contributed by atoms with van der Waals surface area (Å²) in [5.41, 5.74) is -0.602. The fourth-order valence-corrected chi connectivity index (χ4v) is 2.59. The Labute approximate surface area is 123 Å². The standard InChI is InChI=1S/C15H31N3O2/c1-5-8-16-15(3,14(19)20-6-2)13-18-10-7-9-17(4)11-12-18/h16H,5-13H2,1-4H3. The van der Waals surface area contributed by atoms with E-state index in [0.717, 1.165) is 52.1 Å². The number of hydrogen-bond acceptors (Lipinski definition) is 5. The molecule has 0 aromatic carbocycles. The minimum absolute atomic E-state index is 0.133. The van der Waals surface area contributed by atoms with Crippen molar-refractivity contribution in [2.24, 2.45) is 0 Å². The van der Waals surface area contributed by atoms with Gasteiger partial charge < -0.3 is 15.0 Å². The molecule has 118 valence electrons. The van der Waals surface area contributed by atoms with Gasteiger partial charge in [0.05, 0.1) is 6.61 Å². The van der Waals surface area contributed by atoms with Gasteiger partial charge in [0.1, 0.15) is 5.54 Å². The van der Waals surface area contributed by atoms with Crippen molar-refractivity contribution in [1.29, 1.82) is 0 Å². The minimum Gasteiger partial charge on any atom is -0.465 e. The van der Waals surface area contributed by atoms with Crippen LogP contribution in [0.15, 0.2) is 0 Å². The molecule has 1 saturated heterocycles. The Balaban J connectivity index is 2.64. The van der Waals surface area contributed by atoms with Crippen LogP contribution in [0.1, 0.15) is 33.6 Å².